The Morgan fingerprint density at radius 1 is 1.43 bits per heavy atom. The van der Waals surface area contributed by atoms with Crippen LogP contribution in [0, 0.1) is 0 Å². The normalized spacial score (nSPS) is 21.9. The van der Waals surface area contributed by atoms with Crippen molar-refractivity contribution in [1.29, 1.82) is 0 Å². The van der Waals surface area contributed by atoms with Gasteiger partial charge in [-0.15, -0.1) is 0 Å². The second-order valence-corrected chi connectivity index (χ2v) is 8.66. The average Bonchev–Trinajstić information content (AvgIpc) is 2.60. The molecule has 1 unspecified atom stereocenters. The zero-order valence-electron chi connectivity index (χ0n) is 15.1. The third-order valence-electron chi connectivity index (χ3n) is 4.30. The van der Waals surface area contributed by atoms with Crippen LogP contribution in [0.2, 0.25) is 0 Å². The summed E-state index contributed by atoms with van der Waals surface area (Å²) in [6.45, 7) is 3.13. The quantitative estimate of drug-likeness (QED) is 0.781. The fourth-order valence-electron chi connectivity index (χ4n) is 2.87. The van der Waals surface area contributed by atoms with E-state index in [-0.39, 0.29) is 17.5 Å². The van der Waals surface area contributed by atoms with E-state index in [2.05, 4.69) is 4.98 Å². The number of ether oxygens (including phenoxy) is 2. The van der Waals surface area contributed by atoms with E-state index in [0.717, 1.165) is 6.42 Å². The van der Waals surface area contributed by atoms with Gasteiger partial charge >= 0.3 is 12.1 Å². The van der Waals surface area contributed by atoms with Gasteiger partial charge in [-0.25, -0.2) is 18.2 Å². The van der Waals surface area contributed by atoms with Gasteiger partial charge in [-0.3, -0.25) is 0 Å². The van der Waals surface area contributed by atoms with Crippen molar-refractivity contribution in [1.82, 2.24) is 9.29 Å². The number of aromatic nitrogens is 1. The Hall–Kier alpha value is -1.92. The highest BCUT2D eigenvalue weighted by Crippen LogP contribution is 2.36. The van der Waals surface area contributed by atoms with Gasteiger partial charge in [0, 0.05) is 38.2 Å². The molecule has 0 amide bonds. The summed E-state index contributed by atoms with van der Waals surface area (Å²) < 4.78 is 68.6. The molecule has 3 rings (SSSR count). The predicted molar refractivity (Wildman–Crippen MR) is 91.3 cm³/mol. The largest absolute Gasteiger partial charge is 0.490 e. The molecule has 8 nitrogen and oxygen atoms in total. The Labute approximate surface area is 160 Å². The molecule has 28 heavy (non-hydrogen) atoms. The number of hydrogen-bond donors (Lipinski definition) is 1. The third-order valence-corrected chi connectivity index (χ3v) is 6.08. The van der Waals surface area contributed by atoms with E-state index in [4.69, 9.17) is 19.4 Å². The second-order valence-electron chi connectivity index (χ2n) is 6.40. The van der Waals surface area contributed by atoms with Crippen LogP contribution in [-0.2, 0) is 19.6 Å². The van der Waals surface area contributed by atoms with Crippen molar-refractivity contribution in [3.8, 4) is 5.88 Å². The van der Waals surface area contributed by atoms with Gasteiger partial charge in [0.15, 0.2) is 0 Å². The van der Waals surface area contributed by atoms with Gasteiger partial charge in [0.1, 0.15) is 6.10 Å². The average molecular weight is 426 g/mol. The predicted octanol–water partition coefficient (Wildman–Crippen LogP) is 1.68. The first kappa shape index (κ1) is 22.4. The fourth-order valence-corrected chi connectivity index (χ4v) is 4.10. The fraction of sp³-hybridized carbons (Fsp3) is 0.625. The Kier molecular flexibility index (Phi) is 6.88. The molecule has 3 heterocycles. The summed E-state index contributed by atoms with van der Waals surface area (Å²) in [5.74, 6) is -2.01. The summed E-state index contributed by atoms with van der Waals surface area (Å²) in [5.41, 5.74) is -0.375. The number of hydrogen-bond acceptors (Lipinski definition) is 6. The van der Waals surface area contributed by atoms with Crippen LogP contribution in [0.1, 0.15) is 19.8 Å². The van der Waals surface area contributed by atoms with Gasteiger partial charge in [0.25, 0.3) is 0 Å². The van der Waals surface area contributed by atoms with Gasteiger partial charge < -0.3 is 14.6 Å². The summed E-state index contributed by atoms with van der Waals surface area (Å²) in [7, 11) is -3.11. The summed E-state index contributed by atoms with van der Waals surface area (Å²) in [6.07, 6.45) is -1.85. The lowest BCUT2D eigenvalue weighted by atomic mass is 9.86. The van der Waals surface area contributed by atoms with Crippen LogP contribution in [0.5, 0.6) is 5.88 Å². The molecule has 2 aliphatic heterocycles. The van der Waals surface area contributed by atoms with Crippen LogP contribution >= 0.6 is 0 Å². The summed E-state index contributed by atoms with van der Waals surface area (Å²) in [4.78, 5) is 13.1. The number of sulfonamides is 1. The SMILES string of the molecule is CCS(=O)(=O)N1CC2(CC(Oc3ccccn3)CCO2)C1.O=C(O)C(F)(F)F. The Morgan fingerprint density at radius 2 is 2.07 bits per heavy atom. The van der Waals surface area contributed by atoms with Crippen LogP contribution in [0.3, 0.4) is 0 Å². The van der Waals surface area contributed by atoms with E-state index >= 15 is 0 Å². The summed E-state index contributed by atoms with van der Waals surface area (Å²) in [6, 6.07) is 5.56. The van der Waals surface area contributed by atoms with Crippen molar-refractivity contribution in [3.05, 3.63) is 24.4 Å². The monoisotopic (exact) mass is 426 g/mol. The molecule has 2 aliphatic rings. The van der Waals surface area contributed by atoms with Crippen molar-refractivity contribution in [2.24, 2.45) is 0 Å². The molecule has 1 atom stereocenters. The first-order valence-corrected chi connectivity index (χ1v) is 10.1. The van der Waals surface area contributed by atoms with Crippen molar-refractivity contribution < 1.29 is 41.0 Å². The number of carboxylic acid groups (broad SMARTS) is 1. The molecule has 1 aromatic heterocycles. The number of pyridine rings is 1. The summed E-state index contributed by atoms with van der Waals surface area (Å²) >= 11 is 0. The standard InChI is InChI=1S/C14H20N2O4S.C2HF3O2/c1-2-21(17,18)16-10-14(11-16)9-12(6-8-19-14)20-13-5-3-4-7-15-13;3-2(4,5)1(6)7/h3-5,7,12H,2,6,8-11H2,1H3;(H,6,7). The number of nitrogens with zero attached hydrogens (tertiary/aromatic N) is 2. The van der Waals surface area contributed by atoms with Gasteiger partial charge in [-0.05, 0) is 13.0 Å². The van der Waals surface area contributed by atoms with E-state index < -0.39 is 22.2 Å². The molecule has 158 valence electrons. The van der Waals surface area contributed by atoms with Crippen molar-refractivity contribution in [2.45, 2.75) is 37.6 Å². The van der Waals surface area contributed by atoms with Crippen LogP contribution in [-0.4, -0.2) is 72.1 Å². The van der Waals surface area contributed by atoms with E-state index in [0.29, 0.717) is 32.0 Å². The minimum Gasteiger partial charge on any atom is -0.475 e. The molecule has 0 radical (unpaired) electrons. The number of rotatable bonds is 4. The van der Waals surface area contributed by atoms with Gasteiger partial charge in [-0.2, -0.15) is 17.5 Å². The summed E-state index contributed by atoms with van der Waals surface area (Å²) in [5, 5.41) is 7.12. The lowest BCUT2D eigenvalue weighted by Crippen LogP contribution is -2.67. The van der Waals surface area contributed by atoms with Crippen LogP contribution in [0.25, 0.3) is 0 Å². The highest BCUT2D eigenvalue weighted by molar-refractivity contribution is 7.89. The molecule has 2 saturated heterocycles. The van der Waals surface area contributed by atoms with Gasteiger partial charge in [0.05, 0.1) is 18.0 Å². The molecular formula is C16H21F3N2O6S. The maximum absolute atomic E-state index is 11.8. The molecular weight excluding hydrogens is 405 g/mol. The van der Waals surface area contributed by atoms with E-state index in [1.54, 1.807) is 13.1 Å². The number of aliphatic carboxylic acids is 1. The number of carboxylic acids is 1. The molecule has 12 heteroatoms. The first-order valence-electron chi connectivity index (χ1n) is 8.47. The minimum atomic E-state index is -5.08. The van der Waals surface area contributed by atoms with Crippen LogP contribution in [0.4, 0.5) is 13.2 Å². The van der Waals surface area contributed by atoms with Crippen molar-refractivity contribution in [2.75, 3.05) is 25.4 Å². The molecule has 0 bridgehead atoms. The van der Waals surface area contributed by atoms with E-state index in [1.807, 2.05) is 18.2 Å². The molecule has 1 aromatic rings. The Balaban J connectivity index is 0.000000345. The Bertz CT molecular complexity index is 766. The van der Waals surface area contributed by atoms with Crippen LogP contribution < -0.4 is 4.74 Å². The minimum absolute atomic E-state index is 0.0279. The van der Waals surface area contributed by atoms with E-state index in [9.17, 15) is 21.6 Å². The number of halogens is 3. The van der Waals surface area contributed by atoms with E-state index in [1.165, 1.54) is 4.31 Å². The lowest BCUT2D eigenvalue weighted by molar-refractivity contribution is -0.192. The van der Waals surface area contributed by atoms with Crippen molar-refractivity contribution in [3.63, 3.8) is 0 Å². The molecule has 1 spiro atoms. The smallest absolute Gasteiger partial charge is 0.475 e. The molecule has 0 saturated carbocycles. The van der Waals surface area contributed by atoms with Crippen molar-refractivity contribution >= 4 is 16.0 Å². The van der Waals surface area contributed by atoms with Crippen LogP contribution in [0.15, 0.2) is 24.4 Å². The topological polar surface area (TPSA) is 106 Å². The molecule has 1 N–H and O–H groups in total. The lowest BCUT2D eigenvalue weighted by Gasteiger charge is -2.51. The Morgan fingerprint density at radius 3 is 2.57 bits per heavy atom. The molecule has 0 aromatic carbocycles. The van der Waals surface area contributed by atoms with Gasteiger partial charge in [0.2, 0.25) is 15.9 Å². The molecule has 0 aliphatic carbocycles. The van der Waals surface area contributed by atoms with Gasteiger partial charge in [-0.1, -0.05) is 6.07 Å². The second kappa shape index (κ2) is 8.62. The molecule has 2 fully saturated rings. The third kappa shape index (κ3) is 5.79. The number of alkyl halides is 3. The first-order chi connectivity index (χ1) is 13.0. The highest BCUT2D eigenvalue weighted by atomic mass is 32.2. The number of carbonyl (C=O) groups is 1. The highest BCUT2D eigenvalue weighted by Gasteiger charge is 2.51. The zero-order chi connectivity index (χ0) is 21.0. The maximum Gasteiger partial charge on any atom is 0.490 e. The maximum atomic E-state index is 11.8. The zero-order valence-corrected chi connectivity index (χ0v) is 15.9.